The van der Waals surface area contributed by atoms with Crippen molar-refractivity contribution in [2.45, 2.75) is 25.7 Å². The molecular weight excluding hydrogens is 348 g/mol. The maximum Gasteiger partial charge on any atom is 0.257 e. The van der Waals surface area contributed by atoms with Crippen molar-refractivity contribution >= 4 is 22.9 Å². The summed E-state index contributed by atoms with van der Waals surface area (Å²) in [6.45, 7) is 1.83. The monoisotopic (exact) mass is 361 g/mol. The summed E-state index contributed by atoms with van der Waals surface area (Å²) in [6, 6.07) is 4.41. The third-order valence-corrected chi connectivity index (χ3v) is 4.91. The molecule has 8 heteroatoms. The number of halogens is 2. The molecule has 2 aromatic heterocycles. The first kappa shape index (κ1) is 15.9. The van der Waals surface area contributed by atoms with E-state index in [1.165, 1.54) is 11.3 Å². The van der Waals surface area contributed by atoms with E-state index in [9.17, 15) is 13.6 Å². The fraction of sp³-hybridized carbons (Fsp3) is 0.235. The summed E-state index contributed by atoms with van der Waals surface area (Å²) < 4.78 is 32.2. The topological polar surface area (TPSA) is 68.0 Å². The summed E-state index contributed by atoms with van der Waals surface area (Å²) in [5.41, 5.74) is 0.458. The van der Waals surface area contributed by atoms with Crippen LogP contribution in [-0.4, -0.2) is 16.1 Å². The molecule has 0 atom stereocenters. The van der Waals surface area contributed by atoms with E-state index in [1.807, 2.05) is 6.92 Å². The Kier molecular flexibility index (Phi) is 3.84. The highest BCUT2D eigenvalue weighted by atomic mass is 32.1. The SMILES string of the molecule is Cc1sc(-c2nnc(C3CC3)o2)cc1NC(=O)c1cc(F)cc(F)c1. The van der Waals surface area contributed by atoms with Gasteiger partial charge in [0.25, 0.3) is 11.8 Å². The van der Waals surface area contributed by atoms with E-state index in [2.05, 4.69) is 15.5 Å². The summed E-state index contributed by atoms with van der Waals surface area (Å²) in [6.07, 6.45) is 2.13. The minimum Gasteiger partial charge on any atom is -0.420 e. The summed E-state index contributed by atoms with van der Waals surface area (Å²) in [5, 5.41) is 10.7. The van der Waals surface area contributed by atoms with E-state index >= 15 is 0 Å². The van der Waals surface area contributed by atoms with Gasteiger partial charge < -0.3 is 9.73 Å². The van der Waals surface area contributed by atoms with Gasteiger partial charge in [0.1, 0.15) is 11.6 Å². The molecule has 1 amide bonds. The lowest BCUT2D eigenvalue weighted by atomic mass is 10.2. The molecule has 0 aliphatic heterocycles. The predicted molar refractivity (Wildman–Crippen MR) is 88.6 cm³/mol. The van der Waals surface area contributed by atoms with E-state index in [1.54, 1.807) is 6.07 Å². The predicted octanol–water partition coefficient (Wildman–Crippen LogP) is 4.51. The number of thiophene rings is 1. The second-order valence-corrected chi connectivity index (χ2v) is 7.17. The van der Waals surface area contributed by atoms with Gasteiger partial charge >= 0.3 is 0 Å². The van der Waals surface area contributed by atoms with Gasteiger partial charge in [-0.2, -0.15) is 0 Å². The maximum absolute atomic E-state index is 13.3. The first-order valence-corrected chi connectivity index (χ1v) is 8.53. The number of hydrogen-bond donors (Lipinski definition) is 1. The van der Waals surface area contributed by atoms with Crippen LogP contribution < -0.4 is 5.32 Å². The molecule has 0 radical (unpaired) electrons. The Bertz CT molecular complexity index is 942. The second-order valence-electron chi connectivity index (χ2n) is 5.91. The molecule has 0 saturated heterocycles. The Morgan fingerprint density at radius 1 is 1.20 bits per heavy atom. The van der Waals surface area contributed by atoms with Crippen molar-refractivity contribution in [3.63, 3.8) is 0 Å². The minimum absolute atomic E-state index is 0.0848. The summed E-state index contributed by atoms with van der Waals surface area (Å²) in [5.74, 6) is -0.772. The van der Waals surface area contributed by atoms with Gasteiger partial charge in [0.2, 0.25) is 5.89 Å². The Labute approximate surface area is 145 Å². The third kappa shape index (κ3) is 3.30. The number of amides is 1. The normalized spacial score (nSPS) is 13.9. The van der Waals surface area contributed by atoms with Gasteiger partial charge in [0.05, 0.1) is 10.6 Å². The van der Waals surface area contributed by atoms with Crippen LogP contribution in [0, 0.1) is 18.6 Å². The molecule has 128 valence electrons. The highest BCUT2D eigenvalue weighted by Crippen LogP contribution is 2.41. The highest BCUT2D eigenvalue weighted by molar-refractivity contribution is 7.15. The minimum atomic E-state index is -0.800. The van der Waals surface area contributed by atoms with E-state index < -0.39 is 17.5 Å². The zero-order valence-corrected chi connectivity index (χ0v) is 14.0. The van der Waals surface area contributed by atoms with E-state index in [0.29, 0.717) is 23.4 Å². The largest absolute Gasteiger partial charge is 0.420 e. The average Bonchev–Trinajstić information content (AvgIpc) is 3.17. The number of carbonyl (C=O) groups is 1. The molecule has 1 aromatic carbocycles. The smallest absolute Gasteiger partial charge is 0.257 e. The van der Waals surface area contributed by atoms with Crippen molar-refractivity contribution in [3.05, 3.63) is 52.2 Å². The van der Waals surface area contributed by atoms with Gasteiger partial charge in [-0.15, -0.1) is 21.5 Å². The van der Waals surface area contributed by atoms with Crippen LogP contribution in [0.2, 0.25) is 0 Å². The van der Waals surface area contributed by atoms with Crippen molar-refractivity contribution in [2.24, 2.45) is 0 Å². The fourth-order valence-corrected chi connectivity index (χ4v) is 3.32. The molecule has 1 aliphatic rings. The number of aryl methyl sites for hydroxylation is 1. The molecule has 1 fully saturated rings. The number of nitrogens with zero attached hydrogens (tertiary/aromatic N) is 2. The fourth-order valence-electron chi connectivity index (χ4n) is 2.42. The zero-order valence-electron chi connectivity index (χ0n) is 13.2. The quantitative estimate of drug-likeness (QED) is 0.742. The lowest BCUT2D eigenvalue weighted by molar-refractivity contribution is 0.102. The molecule has 2 heterocycles. The number of nitrogens with one attached hydrogen (secondary N) is 1. The van der Waals surface area contributed by atoms with Gasteiger partial charge in [-0.25, -0.2) is 8.78 Å². The number of carbonyl (C=O) groups excluding carboxylic acids is 1. The Morgan fingerprint density at radius 3 is 2.60 bits per heavy atom. The van der Waals surface area contributed by atoms with Crippen molar-refractivity contribution < 1.29 is 18.0 Å². The third-order valence-electron chi connectivity index (χ3n) is 3.87. The van der Waals surface area contributed by atoms with Crippen LogP contribution >= 0.6 is 11.3 Å². The van der Waals surface area contributed by atoms with Crippen LogP contribution in [0.3, 0.4) is 0 Å². The highest BCUT2D eigenvalue weighted by Gasteiger charge is 2.30. The zero-order chi connectivity index (χ0) is 17.6. The van der Waals surface area contributed by atoms with Crippen molar-refractivity contribution in [1.82, 2.24) is 10.2 Å². The maximum atomic E-state index is 13.3. The Morgan fingerprint density at radius 2 is 1.92 bits per heavy atom. The number of anilines is 1. The van der Waals surface area contributed by atoms with Gasteiger partial charge in [-0.1, -0.05) is 0 Å². The molecule has 0 unspecified atom stereocenters. The standard InChI is InChI=1S/C17H13F2N3O2S/c1-8-13(20-15(23)10-4-11(18)6-12(19)5-10)7-14(25-8)17-22-21-16(24-17)9-2-3-9/h4-7,9H,2-3H2,1H3,(H,20,23). The van der Waals surface area contributed by atoms with Crippen LogP contribution in [0.1, 0.15) is 39.9 Å². The van der Waals surface area contributed by atoms with Crippen LogP contribution in [-0.2, 0) is 0 Å². The lowest BCUT2D eigenvalue weighted by Crippen LogP contribution is -2.12. The van der Waals surface area contributed by atoms with Crippen LogP contribution in [0.4, 0.5) is 14.5 Å². The number of hydrogen-bond acceptors (Lipinski definition) is 5. The first-order chi connectivity index (χ1) is 12.0. The van der Waals surface area contributed by atoms with Crippen molar-refractivity contribution in [3.8, 4) is 10.8 Å². The van der Waals surface area contributed by atoms with Crippen LogP contribution in [0.25, 0.3) is 10.8 Å². The molecular formula is C17H13F2N3O2S. The van der Waals surface area contributed by atoms with Crippen LogP contribution in [0.15, 0.2) is 28.7 Å². The molecule has 0 bridgehead atoms. The Hall–Kier alpha value is -2.61. The van der Waals surface area contributed by atoms with Gasteiger partial charge in [0.15, 0.2) is 0 Å². The molecule has 0 spiro atoms. The first-order valence-electron chi connectivity index (χ1n) is 7.71. The van der Waals surface area contributed by atoms with E-state index in [4.69, 9.17) is 4.42 Å². The summed E-state index contributed by atoms with van der Waals surface area (Å²) >= 11 is 1.40. The van der Waals surface area contributed by atoms with E-state index in [0.717, 1.165) is 40.8 Å². The molecule has 4 rings (SSSR count). The van der Waals surface area contributed by atoms with E-state index in [-0.39, 0.29) is 5.56 Å². The Balaban J connectivity index is 1.56. The van der Waals surface area contributed by atoms with Gasteiger partial charge in [-0.05, 0) is 38.0 Å². The summed E-state index contributed by atoms with van der Waals surface area (Å²) in [4.78, 5) is 13.8. The summed E-state index contributed by atoms with van der Waals surface area (Å²) in [7, 11) is 0. The average molecular weight is 361 g/mol. The molecule has 1 saturated carbocycles. The molecule has 1 aliphatic carbocycles. The molecule has 3 aromatic rings. The molecule has 25 heavy (non-hydrogen) atoms. The van der Waals surface area contributed by atoms with Crippen molar-refractivity contribution in [2.75, 3.05) is 5.32 Å². The molecule has 1 N–H and O–H groups in total. The van der Waals surface area contributed by atoms with Crippen molar-refractivity contribution in [1.29, 1.82) is 0 Å². The number of benzene rings is 1. The van der Waals surface area contributed by atoms with Gasteiger partial charge in [-0.3, -0.25) is 4.79 Å². The number of rotatable bonds is 4. The second kappa shape index (κ2) is 6.03. The number of aromatic nitrogens is 2. The van der Waals surface area contributed by atoms with Crippen LogP contribution in [0.5, 0.6) is 0 Å². The lowest BCUT2D eigenvalue weighted by Gasteiger charge is -2.04. The van der Waals surface area contributed by atoms with Gasteiger partial charge in [0, 0.05) is 22.4 Å². The molecule has 5 nitrogen and oxygen atoms in total.